The van der Waals surface area contributed by atoms with E-state index in [1.165, 1.54) is 16.7 Å². The molecule has 0 unspecified atom stereocenters. The molecule has 0 saturated heterocycles. The summed E-state index contributed by atoms with van der Waals surface area (Å²) in [6.07, 6.45) is 5.09. The minimum absolute atomic E-state index is 0.734. The van der Waals surface area contributed by atoms with Gasteiger partial charge >= 0.3 is 0 Å². The molecule has 0 aliphatic heterocycles. The zero-order chi connectivity index (χ0) is 14.2. The summed E-state index contributed by atoms with van der Waals surface area (Å²) in [6, 6.07) is 8.73. The summed E-state index contributed by atoms with van der Waals surface area (Å²) < 4.78 is 6.98. The van der Waals surface area contributed by atoms with E-state index in [4.69, 9.17) is 4.74 Å². The molecule has 1 aromatic heterocycles. The van der Waals surface area contributed by atoms with E-state index in [1.54, 1.807) is 7.11 Å². The number of benzene rings is 1. The third kappa shape index (κ3) is 4.47. The van der Waals surface area contributed by atoms with Crippen LogP contribution in [0.5, 0.6) is 0 Å². The Morgan fingerprint density at radius 2 is 1.90 bits per heavy atom. The lowest BCUT2D eigenvalue weighted by atomic mass is 10.1. The Morgan fingerprint density at radius 3 is 2.60 bits per heavy atom. The number of ether oxygens (including phenoxy) is 1. The van der Waals surface area contributed by atoms with Crippen LogP contribution >= 0.6 is 0 Å². The third-order valence-electron chi connectivity index (χ3n) is 3.27. The molecule has 2 aromatic rings. The summed E-state index contributed by atoms with van der Waals surface area (Å²) in [6.45, 7) is 5.42. The van der Waals surface area contributed by atoms with Crippen molar-refractivity contribution in [2.75, 3.05) is 20.3 Å². The smallest absolute Gasteiger partial charge is 0.0659 e. The topological polar surface area (TPSA) is 39.1 Å². The summed E-state index contributed by atoms with van der Waals surface area (Å²) in [4.78, 5) is 0. The quantitative estimate of drug-likeness (QED) is 0.750. The minimum atomic E-state index is 0.734. The van der Waals surface area contributed by atoms with Crippen LogP contribution in [0.15, 0.2) is 36.7 Å². The van der Waals surface area contributed by atoms with Gasteiger partial charge in [0.05, 0.1) is 19.3 Å². The van der Waals surface area contributed by atoms with E-state index >= 15 is 0 Å². The van der Waals surface area contributed by atoms with Crippen LogP contribution in [-0.4, -0.2) is 30.0 Å². The van der Waals surface area contributed by atoms with E-state index in [9.17, 15) is 0 Å². The highest BCUT2D eigenvalue weighted by molar-refractivity contribution is 5.22. The second-order valence-corrected chi connectivity index (χ2v) is 4.89. The molecular weight excluding hydrogens is 250 g/mol. The average molecular weight is 273 g/mol. The first-order valence-electron chi connectivity index (χ1n) is 7.10. The predicted molar refractivity (Wildman–Crippen MR) is 80.7 cm³/mol. The molecule has 1 aromatic carbocycles. The summed E-state index contributed by atoms with van der Waals surface area (Å²) >= 11 is 0. The number of nitrogens with one attached hydrogen (secondary N) is 1. The van der Waals surface area contributed by atoms with Crippen molar-refractivity contribution in [1.82, 2.24) is 15.1 Å². The van der Waals surface area contributed by atoms with E-state index in [0.717, 1.165) is 32.7 Å². The van der Waals surface area contributed by atoms with E-state index in [-0.39, 0.29) is 0 Å². The van der Waals surface area contributed by atoms with Crippen LogP contribution in [0.4, 0.5) is 0 Å². The Balaban J connectivity index is 1.85. The Bertz CT molecular complexity index is 505. The van der Waals surface area contributed by atoms with Gasteiger partial charge in [0, 0.05) is 32.0 Å². The van der Waals surface area contributed by atoms with Gasteiger partial charge in [-0.15, -0.1) is 0 Å². The van der Waals surface area contributed by atoms with Gasteiger partial charge in [-0.2, -0.15) is 5.10 Å². The van der Waals surface area contributed by atoms with Crippen molar-refractivity contribution in [2.24, 2.45) is 0 Å². The van der Waals surface area contributed by atoms with Gasteiger partial charge in [0.15, 0.2) is 0 Å². The maximum atomic E-state index is 5.00. The number of hydrogen-bond donors (Lipinski definition) is 1. The molecule has 0 atom stereocenters. The first-order valence-corrected chi connectivity index (χ1v) is 7.10. The van der Waals surface area contributed by atoms with Crippen molar-refractivity contribution in [3.05, 3.63) is 53.3 Å². The molecule has 108 valence electrons. The first kappa shape index (κ1) is 14.8. The van der Waals surface area contributed by atoms with Gasteiger partial charge in [0.1, 0.15) is 0 Å². The minimum Gasteiger partial charge on any atom is -0.383 e. The van der Waals surface area contributed by atoms with Crippen molar-refractivity contribution < 1.29 is 4.74 Å². The fourth-order valence-electron chi connectivity index (χ4n) is 2.06. The Labute approximate surface area is 120 Å². The summed E-state index contributed by atoms with van der Waals surface area (Å²) in [5, 5.41) is 7.71. The van der Waals surface area contributed by atoms with E-state index < -0.39 is 0 Å². The van der Waals surface area contributed by atoms with Crippen molar-refractivity contribution in [1.29, 1.82) is 0 Å². The zero-order valence-electron chi connectivity index (χ0n) is 12.3. The van der Waals surface area contributed by atoms with Crippen LogP contribution in [0.1, 0.15) is 23.6 Å². The van der Waals surface area contributed by atoms with E-state index in [0.29, 0.717) is 0 Å². The lowest BCUT2D eigenvalue weighted by Gasteiger charge is -2.03. The monoisotopic (exact) mass is 273 g/mol. The molecule has 4 nitrogen and oxygen atoms in total. The SMILES string of the molecule is CCc1ccc(Cn2cc(CNCCOC)cn2)cc1. The van der Waals surface area contributed by atoms with E-state index in [2.05, 4.69) is 47.8 Å². The van der Waals surface area contributed by atoms with Crippen LogP contribution < -0.4 is 5.32 Å². The van der Waals surface area contributed by atoms with Crippen LogP contribution in [0.3, 0.4) is 0 Å². The fraction of sp³-hybridized carbons (Fsp3) is 0.438. The van der Waals surface area contributed by atoms with Gasteiger partial charge in [0.25, 0.3) is 0 Å². The molecule has 1 N–H and O–H groups in total. The van der Waals surface area contributed by atoms with Crippen molar-refractivity contribution in [3.8, 4) is 0 Å². The predicted octanol–water partition coefficient (Wildman–Crippen LogP) is 2.23. The fourth-order valence-corrected chi connectivity index (χ4v) is 2.06. The van der Waals surface area contributed by atoms with E-state index in [1.807, 2.05) is 10.9 Å². The highest BCUT2D eigenvalue weighted by Gasteiger charge is 2.00. The first-order chi connectivity index (χ1) is 9.81. The molecule has 0 saturated carbocycles. The van der Waals surface area contributed by atoms with Gasteiger partial charge in [-0.25, -0.2) is 0 Å². The van der Waals surface area contributed by atoms with Gasteiger partial charge in [0.2, 0.25) is 0 Å². The molecule has 0 radical (unpaired) electrons. The highest BCUT2D eigenvalue weighted by atomic mass is 16.5. The van der Waals surface area contributed by atoms with Crippen molar-refractivity contribution in [3.63, 3.8) is 0 Å². The number of aryl methyl sites for hydroxylation is 1. The Hall–Kier alpha value is -1.65. The second kappa shape index (κ2) is 7.82. The molecule has 1 heterocycles. The van der Waals surface area contributed by atoms with Crippen molar-refractivity contribution in [2.45, 2.75) is 26.4 Å². The molecule has 0 amide bonds. The molecular formula is C16H23N3O. The molecule has 0 aliphatic rings. The molecule has 0 aliphatic carbocycles. The molecule has 0 spiro atoms. The largest absolute Gasteiger partial charge is 0.383 e. The summed E-state index contributed by atoms with van der Waals surface area (Å²) in [7, 11) is 1.71. The average Bonchev–Trinajstić information content (AvgIpc) is 2.92. The van der Waals surface area contributed by atoms with Gasteiger partial charge in [-0.05, 0) is 17.5 Å². The third-order valence-corrected chi connectivity index (χ3v) is 3.27. The molecule has 0 bridgehead atoms. The number of nitrogens with zero attached hydrogens (tertiary/aromatic N) is 2. The number of rotatable bonds is 8. The maximum absolute atomic E-state index is 5.00. The standard InChI is InChI=1S/C16H23N3O/c1-3-14-4-6-15(7-5-14)12-19-13-16(11-18-19)10-17-8-9-20-2/h4-7,11,13,17H,3,8-10,12H2,1-2H3. The van der Waals surface area contributed by atoms with Crippen LogP contribution in [-0.2, 0) is 24.2 Å². The van der Waals surface area contributed by atoms with Gasteiger partial charge in [-0.3, -0.25) is 4.68 Å². The Morgan fingerprint density at radius 1 is 1.15 bits per heavy atom. The van der Waals surface area contributed by atoms with Crippen LogP contribution in [0, 0.1) is 0 Å². The molecule has 0 fully saturated rings. The normalized spacial score (nSPS) is 10.9. The van der Waals surface area contributed by atoms with Crippen molar-refractivity contribution >= 4 is 0 Å². The Kier molecular flexibility index (Phi) is 5.77. The number of aromatic nitrogens is 2. The lowest BCUT2D eigenvalue weighted by Crippen LogP contribution is -2.18. The van der Waals surface area contributed by atoms with Gasteiger partial charge < -0.3 is 10.1 Å². The van der Waals surface area contributed by atoms with Crippen LogP contribution in [0.25, 0.3) is 0 Å². The molecule has 2 rings (SSSR count). The lowest BCUT2D eigenvalue weighted by molar-refractivity contribution is 0.199. The number of hydrogen-bond acceptors (Lipinski definition) is 3. The zero-order valence-corrected chi connectivity index (χ0v) is 12.3. The van der Waals surface area contributed by atoms with Crippen LogP contribution in [0.2, 0.25) is 0 Å². The summed E-state index contributed by atoms with van der Waals surface area (Å²) in [5.41, 5.74) is 3.85. The molecule has 4 heteroatoms. The molecule has 20 heavy (non-hydrogen) atoms. The highest BCUT2D eigenvalue weighted by Crippen LogP contribution is 2.07. The second-order valence-electron chi connectivity index (χ2n) is 4.89. The summed E-state index contributed by atoms with van der Waals surface area (Å²) in [5.74, 6) is 0. The van der Waals surface area contributed by atoms with Gasteiger partial charge in [-0.1, -0.05) is 31.2 Å². The number of methoxy groups -OCH3 is 1. The maximum Gasteiger partial charge on any atom is 0.0659 e.